The number of hydrogen-bond acceptors (Lipinski definition) is 6. The van der Waals surface area contributed by atoms with E-state index < -0.39 is 6.10 Å². The molecule has 0 aliphatic rings. The molecule has 1 atom stereocenters. The molecule has 0 heterocycles. The Kier molecular flexibility index (Phi) is 69.5. The third-order valence-corrected chi connectivity index (χ3v) is 17.2. The molecule has 0 amide bonds. The minimum atomic E-state index is -0.771. The Morgan fingerprint density at radius 1 is 0.244 bits per heavy atom. The maximum atomic E-state index is 13.0. The Morgan fingerprint density at radius 2 is 0.439 bits per heavy atom. The Labute approximate surface area is 513 Å². The first-order chi connectivity index (χ1) is 40.5. The Morgan fingerprint density at radius 3 is 0.695 bits per heavy atom. The lowest BCUT2D eigenvalue weighted by Crippen LogP contribution is -2.30. The van der Waals surface area contributed by atoms with E-state index in [2.05, 4.69) is 45.1 Å². The molecule has 6 nitrogen and oxygen atoms in total. The van der Waals surface area contributed by atoms with Crippen molar-refractivity contribution in [1.29, 1.82) is 0 Å². The fraction of sp³-hybridized carbons (Fsp3) is 0.908. The van der Waals surface area contributed by atoms with Crippen LogP contribution in [0.5, 0.6) is 0 Å². The number of ether oxygens (including phenoxy) is 3. The van der Waals surface area contributed by atoms with Crippen molar-refractivity contribution in [3.05, 3.63) is 24.3 Å². The summed E-state index contributed by atoms with van der Waals surface area (Å²) in [6.07, 6.45) is 87.9. The molecule has 0 aromatic carbocycles. The van der Waals surface area contributed by atoms with E-state index in [-0.39, 0.29) is 31.1 Å². The molecule has 0 saturated heterocycles. The van der Waals surface area contributed by atoms with Crippen LogP contribution in [0.4, 0.5) is 0 Å². The highest BCUT2D eigenvalue weighted by atomic mass is 16.6. The Balaban J connectivity index is 4.20. The second kappa shape index (κ2) is 71.4. The summed E-state index contributed by atoms with van der Waals surface area (Å²) in [5.41, 5.74) is 0. The van der Waals surface area contributed by atoms with Gasteiger partial charge in [0.2, 0.25) is 0 Å². The molecule has 0 N–H and O–H groups in total. The lowest BCUT2D eigenvalue weighted by atomic mass is 10.0. The zero-order valence-electron chi connectivity index (χ0n) is 55.8. The molecule has 1 unspecified atom stereocenters. The second-order valence-electron chi connectivity index (χ2n) is 25.6. The van der Waals surface area contributed by atoms with Gasteiger partial charge < -0.3 is 14.2 Å². The first kappa shape index (κ1) is 79.9. The van der Waals surface area contributed by atoms with Gasteiger partial charge in [0.15, 0.2) is 6.10 Å². The van der Waals surface area contributed by atoms with Crippen LogP contribution in [0.2, 0.25) is 0 Å². The van der Waals surface area contributed by atoms with Crippen LogP contribution < -0.4 is 0 Å². The predicted molar refractivity (Wildman–Crippen MR) is 358 cm³/mol. The van der Waals surface area contributed by atoms with Crippen LogP contribution in [0.15, 0.2) is 24.3 Å². The third-order valence-electron chi connectivity index (χ3n) is 17.2. The van der Waals surface area contributed by atoms with Crippen molar-refractivity contribution in [2.24, 2.45) is 0 Å². The molecular formula is C76H144O6. The second-order valence-corrected chi connectivity index (χ2v) is 25.6. The molecule has 0 radical (unpaired) electrons. The molecule has 82 heavy (non-hydrogen) atoms. The molecule has 0 aliphatic carbocycles. The van der Waals surface area contributed by atoms with Gasteiger partial charge in [0.1, 0.15) is 13.2 Å². The minimum absolute atomic E-state index is 0.0662. The summed E-state index contributed by atoms with van der Waals surface area (Å²) in [6, 6.07) is 0. The molecule has 0 bridgehead atoms. The highest BCUT2D eigenvalue weighted by molar-refractivity contribution is 5.71. The average Bonchev–Trinajstić information content (AvgIpc) is 3.47. The van der Waals surface area contributed by atoms with Crippen LogP contribution in [-0.2, 0) is 28.6 Å². The lowest BCUT2D eigenvalue weighted by Gasteiger charge is -2.18. The summed E-state index contributed by atoms with van der Waals surface area (Å²) in [6.45, 7) is 6.71. The molecule has 0 saturated carbocycles. The van der Waals surface area contributed by atoms with Gasteiger partial charge in [-0.05, 0) is 51.4 Å². The fourth-order valence-electron chi connectivity index (χ4n) is 11.6. The van der Waals surface area contributed by atoms with Gasteiger partial charge in [0.05, 0.1) is 0 Å². The van der Waals surface area contributed by atoms with E-state index in [4.69, 9.17) is 14.2 Å². The van der Waals surface area contributed by atoms with Crippen LogP contribution in [0.25, 0.3) is 0 Å². The number of carbonyl (C=O) groups excluding carboxylic acids is 3. The van der Waals surface area contributed by atoms with Gasteiger partial charge in [0.25, 0.3) is 0 Å². The monoisotopic (exact) mass is 1150 g/mol. The van der Waals surface area contributed by atoms with E-state index in [1.54, 1.807) is 0 Å². The van der Waals surface area contributed by atoms with E-state index in [1.165, 1.54) is 321 Å². The quantitative estimate of drug-likeness (QED) is 0.0261. The van der Waals surface area contributed by atoms with Gasteiger partial charge >= 0.3 is 17.9 Å². The number of hydrogen-bond donors (Lipinski definition) is 0. The molecule has 0 spiro atoms. The van der Waals surface area contributed by atoms with Gasteiger partial charge in [-0.2, -0.15) is 0 Å². The van der Waals surface area contributed by atoms with Crippen molar-refractivity contribution in [3.8, 4) is 0 Å². The van der Waals surface area contributed by atoms with Crippen molar-refractivity contribution >= 4 is 17.9 Å². The number of unbranched alkanes of at least 4 members (excludes halogenated alkanes) is 55. The summed E-state index contributed by atoms with van der Waals surface area (Å²) in [5, 5.41) is 0. The molecule has 0 aliphatic heterocycles. The van der Waals surface area contributed by atoms with E-state index >= 15 is 0 Å². The third kappa shape index (κ3) is 68.7. The first-order valence-corrected chi connectivity index (χ1v) is 37.3. The van der Waals surface area contributed by atoms with Crippen LogP contribution in [0.1, 0.15) is 425 Å². The summed E-state index contributed by atoms with van der Waals surface area (Å²) in [4.78, 5) is 38.5. The highest BCUT2D eigenvalue weighted by Crippen LogP contribution is 2.19. The molecule has 0 rings (SSSR count). The van der Waals surface area contributed by atoms with E-state index in [1.807, 2.05) is 0 Å². The van der Waals surface area contributed by atoms with Gasteiger partial charge in [-0.1, -0.05) is 379 Å². The SMILES string of the molecule is CCCCC/C=C\C/C=C\CCCCCCCCCCCC(=O)OC(COC(=O)CCCCCCCCCCCCCCCCCC)COC(=O)CCCCCCCCCCCCCCCCCCCCCCCCCCCCCCC. The smallest absolute Gasteiger partial charge is 0.306 e. The van der Waals surface area contributed by atoms with Crippen molar-refractivity contribution < 1.29 is 28.6 Å². The van der Waals surface area contributed by atoms with Gasteiger partial charge in [-0.15, -0.1) is 0 Å². The number of esters is 3. The van der Waals surface area contributed by atoms with Crippen LogP contribution in [0, 0.1) is 0 Å². The topological polar surface area (TPSA) is 78.9 Å². The standard InChI is InChI=1S/C76H144O6/c1-4-7-10-13-16-19-22-25-28-31-33-34-35-36-37-38-39-40-41-42-44-45-48-51-54-57-60-63-66-69-75(78)81-72-73(71-80-74(77)68-65-62-59-56-53-50-47-30-27-24-21-18-15-12-9-6-3)82-76(79)70-67-64-61-58-55-52-49-46-43-32-29-26-23-20-17-14-11-8-5-2/h17,20,26,29,73H,4-16,18-19,21-25,27-28,30-72H2,1-3H3/b20-17-,29-26-. The summed E-state index contributed by atoms with van der Waals surface area (Å²) >= 11 is 0. The minimum Gasteiger partial charge on any atom is -0.462 e. The summed E-state index contributed by atoms with van der Waals surface area (Å²) in [5.74, 6) is -0.834. The Hall–Kier alpha value is -2.11. The van der Waals surface area contributed by atoms with E-state index in [0.29, 0.717) is 19.3 Å². The van der Waals surface area contributed by atoms with Gasteiger partial charge in [-0.3, -0.25) is 14.4 Å². The zero-order chi connectivity index (χ0) is 59.2. The number of rotatable bonds is 70. The fourth-order valence-corrected chi connectivity index (χ4v) is 11.6. The van der Waals surface area contributed by atoms with E-state index in [9.17, 15) is 14.4 Å². The highest BCUT2D eigenvalue weighted by Gasteiger charge is 2.20. The molecule has 0 aromatic rings. The van der Waals surface area contributed by atoms with E-state index in [0.717, 1.165) is 64.2 Å². The van der Waals surface area contributed by atoms with Crippen molar-refractivity contribution in [2.75, 3.05) is 13.2 Å². The maximum absolute atomic E-state index is 13.0. The largest absolute Gasteiger partial charge is 0.462 e. The lowest BCUT2D eigenvalue weighted by molar-refractivity contribution is -0.167. The normalized spacial score (nSPS) is 12.1. The van der Waals surface area contributed by atoms with Crippen molar-refractivity contribution in [2.45, 2.75) is 431 Å². The van der Waals surface area contributed by atoms with Gasteiger partial charge in [0, 0.05) is 19.3 Å². The summed E-state index contributed by atoms with van der Waals surface area (Å²) in [7, 11) is 0. The first-order valence-electron chi connectivity index (χ1n) is 37.3. The van der Waals surface area contributed by atoms with Crippen LogP contribution in [-0.4, -0.2) is 37.2 Å². The molecule has 6 heteroatoms. The van der Waals surface area contributed by atoms with Crippen LogP contribution >= 0.6 is 0 Å². The number of carbonyl (C=O) groups is 3. The maximum Gasteiger partial charge on any atom is 0.306 e. The number of allylic oxidation sites excluding steroid dienone is 4. The Bertz CT molecular complexity index is 1320. The molecule has 0 fully saturated rings. The molecule has 484 valence electrons. The van der Waals surface area contributed by atoms with Gasteiger partial charge in [-0.25, -0.2) is 0 Å². The molecular weight excluding hydrogens is 1010 g/mol. The molecule has 0 aromatic heterocycles. The zero-order valence-corrected chi connectivity index (χ0v) is 55.8. The average molecular weight is 1150 g/mol. The predicted octanol–water partition coefficient (Wildman–Crippen LogP) is 25.7. The van der Waals surface area contributed by atoms with Crippen molar-refractivity contribution in [3.63, 3.8) is 0 Å². The van der Waals surface area contributed by atoms with Crippen LogP contribution in [0.3, 0.4) is 0 Å². The summed E-state index contributed by atoms with van der Waals surface area (Å²) < 4.78 is 17.0. The van der Waals surface area contributed by atoms with Crippen molar-refractivity contribution in [1.82, 2.24) is 0 Å².